The Bertz CT molecular complexity index is 2240. The average Bonchev–Trinajstić information content (AvgIpc) is 3.52. The molecule has 0 saturated carbocycles. The lowest BCUT2D eigenvalue weighted by molar-refractivity contribution is -0.143. The van der Waals surface area contributed by atoms with Crippen LogP contribution in [-0.2, 0) is 24.5 Å². The van der Waals surface area contributed by atoms with Crippen LogP contribution in [0.5, 0.6) is 11.5 Å². The fourth-order valence-corrected chi connectivity index (χ4v) is 7.34. The first-order valence-corrected chi connectivity index (χ1v) is 18.1. The van der Waals surface area contributed by atoms with Gasteiger partial charge in [0, 0.05) is 11.1 Å². The van der Waals surface area contributed by atoms with Crippen LogP contribution in [0.4, 0.5) is 0 Å². The number of aliphatic hydroxyl groups excluding tert-OH is 2. The fourth-order valence-electron chi connectivity index (χ4n) is 7.34. The molecule has 0 amide bonds. The van der Waals surface area contributed by atoms with Gasteiger partial charge in [0.25, 0.3) is 0 Å². The largest absolute Gasteiger partial charge is 0.491 e. The Morgan fingerprint density at radius 3 is 1.31 bits per heavy atom. The first kappa shape index (κ1) is 37.1. The van der Waals surface area contributed by atoms with Crippen molar-refractivity contribution in [2.75, 3.05) is 26.4 Å². The molecule has 8 heteroatoms. The molecule has 6 aromatic rings. The zero-order chi connectivity index (χ0) is 38.7. The Hall–Kier alpha value is -6.22. The number of fused-ring (bicyclic) bond motifs is 7. The summed E-state index contributed by atoms with van der Waals surface area (Å²) in [5.74, 6) is -0.0290. The maximum absolute atomic E-state index is 11.8. The summed E-state index contributed by atoms with van der Waals surface area (Å²) in [6.45, 7) is 9.70. The molecule has 55 heavy (non-hydrogen) atoms. The summed E-state index contributed by atoms with van der Waals surface area (Å²) >= 11 is 0. The number of esters is 2. The van der Waals surface area contributed by atoms with Crippen LogP contribution in [-0.4, -0.2) is 60.8 Å². The third-order valence-electron chi connectivity index (χ3n) is 9.87. The smallest absolute Gasteiger partial charge is 0.333 e. The maximum atomic E-state index is 11.8. The number of benzene rings is 6. The molecule has 278 valence electrons. The van der Waals surface area contributed by atoms with Crippen LogP contribution in [0, 0.1) is 0 Å². The van der Waals surface area contributed by atoms with Gasteiger partial charge in [0.2, 0.25) is 0 Å². The van der Waals surface area contributed by atoms with Crippen LogP contribution in [0.25, 0.3) is 32.7 Å². The van der Waals surface area contributed by atoms with Gasteiger partial charge in [0.1, 0.15) is 50.1 Å². The average molecular weight is 735 g/mol. The van der Waals surface area contributed by atoms with Gasteiger partial charge >= 0.3 is 11.9 Å². The van der Waals surface area contributed by atoms with E-state index >= 15 is 0 Å². The van der Waals surface area contributed by atoms with E-state index in [0.29, 0.717) is 11.5 Å². The predicted octanol–water partition coefficient (Wildman–Crippen LogP) is 8.07. The maximum Gasteiger partial charge on any atom is 0.333 e. The van der Waals surface area contributed by atoms with Crippen LogP contribution in [0.3, 0.4) is 0 Å². The summed E-state index contributed by atoms with van der Waals surface area (Å²) in [6, 6.07) is 41.5. The van der Waals surface area contributed by atoms with Gasteiger partial charge in [-0.25, -0.2) is 9.59 Å². The number of rotatable bonds is 14. The van der Waals surface area contributed by atoms with Gasteiger partial charge in [-0.15, -0.1) is 0 Å². The first-order valence-electron chi connectivity index (χ1n) is 18.1. The molecule has 0 radical (unpaired) electrons. The van der Waals surface area contributed by atoms with E-state index in [1.165, 1.54) is 0 Å². The summed E-state index contributed by atoms with van der Waals surface area (Å²) in [7, 11) is 0. The van der Waals surface area contributed by atoms with Crippen molar-refractivity contribution in [3.8, 4) is 22.6 Å². The van der Waals surface area contributed by atoms with Crippen molar-refractivity contribution >= 4 is 33.5 Å². The lowest BCUT2D eigenvalue weighted by Crippen LogP contribution is -2.29. The highest BCUT2D eigenvalue weighted by Crippen LogP contribution is 2.60. The Morgan fingerprint density at radius 1 is 0.545 bits per heavy atom. The molecule has 0 spiro atoms. The molecule has 1 aliphatic rings. The van der Waals surface area contributed by atoms with E-state index in [4.69, 9.17) is 18.9 Å². The molecular weight excluding hydrogens is 693 g/mol. The molecule has 0 fully saturated rings. The van der Waals surface area contributed by atoms with Gasteiger partial charge in [-0.05, 0) is 93.0 Å². The fraction of sp³-hybridized carbons (Fsp3) is 0.191. The highest BCUT2D eigenvalue weighted by molar-refractivity contribution is 6.06. The van der Waals surface area contributed by atoms with Gasteiger partial charge in [-0.1, -0.05) is 110 Å². The Kier molecular flexibility index (Phi) is 10.5. The molecule has 1 aliphatic carbocycles. The number of carbonyl (C=O) groups is 2. The van der Waals surface area contributed by atoms with Gasteiger partial charge in [0.15, 0.2) is 0 Å². The van der Waals surface area contributed by atoms with Crippen molar-refractivity contribution < 1.29 is 38.7 Å². The van der Waals surface area contributed by atoms with Gasteiger partial charge in [0.05, 0.1) is 5.41 Å². The van der Waals surface area contributed by atoms with Crippen molar-refractivity contribution in [2.45, 2.75) is 31.5 Å². The van der Waals surface area contributed by atoms with E-state index in [0.717, 1.165) is 54.9 Å². The molecule has 0 saturated heterocycles. The highest BCUT2D eigenvalue weighted by Gasteiger charge is 2.48. The first-order chi connectivity index (χ1) is 26.6. The lowest BCUT2D eigenvalue weighted by atomic mass is 9.66. The van der Waals surface area contributed by atoms with E-state index in [9.17, 15) is 19.8 Å². The minimum Gasteiger partial charge on any atom is -0.491 e. The van der Waals surface area contributed by atoms with E-state index in [2.05, 4.69) is 98.1 Å². The normalized spacial score (nSPS) is 13.7. The minimum absolute atomic E-state index is 0.0681. The van der Waals surface area contributed by atoms with Crippen LogP contribution in [0.2, 0.25) is 0 Å². The van der Waals surface area contributed by atoms with E-state index in [1.807, 2.05) is 36.4 Å². The second kappa shape index (κ2) is 15.6. The van der Waals surface area contributed by atoms with Crippen LogP contribution in [0.15, 0.2) is 146 Å². The van der Waals surface area contributed by atoms with Crippen molar-refractivity contribution in [1.82, 2.24) is 0 Å². The van der Waals surface area contributed by atoms with Crippen molar-refractivity contribution in [1.29, 1.82) is 0 Å². The van der Waals surface area contributed by atoms with Gasteiger partial charge < -0.3 is 29.2 Å². The van der Waals surface area contributed by atoms with Crippen LogP contribution < -0.4 is 9.47 Å². The highest BCUT2D eigenvalue weighted by atomic mass is 16.6. The molecule has 2 unspecified atom stereocenters. The standard InChI is InChI=1S/C47H42O8/c1-29(2)45(50)54-27-35(48)25-52-37-19-15-33(16-20-37)47(34-17-21-38(22-18-34)53-26-36(49)28-55-46(51)30(3)4)43-39-11-7-5-9-31(39)13-23-41(43)42-24-14-32-10-6-8-12-40(32)44(42)47/h5-24,35-36,48-49H,1,3,25-28H2,2,4H3. The van der Waals surface area contributed by atoms with Crippen LogP contribution >= 0.6 is 0 Å². The van der Waals surface area contributed by atoms with Gasteiger partial charge in [-0.2, -0.15) is 0 Å². The second-order valence-electron chi connectivity index (χ2n) is 13.9. The van der Waals surface area contributed by atoms with Crippen molar-refractivity contribution in [2.24, 2.45) is 0 Å². The quantitative estimate of drug-likeness (QED) is 0.0853. The number of aliphatic hydroxyl groups is 2. The van der Waals surface area contributed by atoms with E-state index in [1.54, 1.807) is 13.8 Å². The van der Waals surface area contributed by atoms with Crippen LogP contribution in [0.1, 0.15) is 36.1 Å². The number of carbonyl (C=O) groups excluding carboxylic acids is 2. The van der Waals surface area contributed by atoms with Crippen molar-refractivity contribution in [3.05, 3.63) is 168 Å². The summed E-state index contributed by atoms with van der Waals surface area (Å²) in [6.07, 6.45) is -2.04. The zero-order valence-corrected chi connectivity index (χ0v) is 30.8. The molecule has 2 atom stereocenters. The molecule has 0 bridgehead atoms. The third-order valence-corrected chi connectivity index (χ3v) is 9.87. The number of hydrogen-bond acceptors (Lipinski definition) is 8. The van der Waals surface area contributed by atoms with Gasteiger partial charge in [-0.3, -0.25) is 0 Å². The zero-order valence-electron chi connectivity index (χ0n) is 30.8. The molecular formula is C47H42O8. The molecule has 0 aliphatic heterocycles. The van der Waals surface area contributed by atoms with E-state index in [-0.39, 0.29) is 37.6 Å². The minimum atomic E-state index is -1.02. The molecule has 8 nitrogen and oxygen atoms in total. The topological polar surface area (TPSA) is 112 Å². The Balaban J connectivity index is 1.31. The number of ether oxygens (including phenoxy) is 4. The predicted molar refractivity (Wildman–Crippen MR) is 213 cm³/mol. The second-order valence-corrected chi connectivity index (χ2v) is 13.9. The van der Waals surface area contributed by atoms with E-state index < -0.39 is 29.6 Å². The summed E-state index contributed by atoms with van der Waals surface area (Å²) in [5.41, 5.74) is 6.32. The lowest BCUT2D eigenvalue weighted by Gasteiger charge is -2.35. The molecule has 2 N–H and O–H groups in total. The monoisotopic (exact) mass is 734 g/mol. The molecule has 6 aromatic carbocycles. The van der Waals surface area contributed by atoms with Crippen molar-refractivity contribution in [3.63, 3.8) is 0 Å². The third kappa shape index (κ3) is 7.22. The molecule has 0 heterocycles. The SMILES string of the molecule is C=C(C)C(=O)OCC(O)COc1ccc(C2(c3ccc(OCC(O)COC(=O)C(=C)C)cc3)c3c(ccc4ccccc34)-c3ccc4ccccc4c32)cc1. The molecule has 7 rings (SSSR count). The summed E-state index contributed by atoms with van der Waals surface area (Å²) < 4.78 is 22.1. The molecule has 0 aromatic heterocycles. The summed E-state index contributed by atoms with van der Waals surface area (Å²) in [5, 5.41) is 25.4. The Morgan fingerprint density at radius 2 is 0.927 bits per heavy atom. The summed E-state index contributed by atoms with van der Waals surface area (Å²) in [4.78, 5) is 23.6. The Labute approximate surface area is 319 Å². The number of hydrogen-bond donors (Lipinski definition) is 2.